The van der Waals surface area contributed by atoms with Crippen LogP contribution in [0.3, 0.4) is 0 Å². The molecule has 0 bridgehead atoms. The van der Waals surface area contributed by atoms with Gasteiger partial charge in [0, 0.05) is 199 Å². The Labute approximate surface area is 688 Å². The second kappa shape index (κ2) is 34.3. The number of nitrogens with zero attached hydrogens (tertiary/aromatic N) is 14. The maximum Gasteiger partial charge on any atom is 0.150 e. The first-order valence-corrected chi connectivity index (χ1v) is 42.4. The molecule has 4 aromatic carbocycles. The predicted molar refractivity (Wildman–Crippen MR) is 461 cm³/mol. The summed E-state index contributed by atoms with van der Waals surface area (Å²) in [6.45, 7) is 17.7. The van der Waals surface area contributed by atoms with Crippen molar-refractivity contribution >= 4 is 111 Å². The fraction of sp³-hybridized carbons (Fsp3) is 0.374. The lowest BCUT2D eigenvalue weighted by Crippen LogP contribution is -2.32. The highest BCUT2D eigenvalue weighted by Crippen LogP contribution is 2.47. The number of sulfone groups is 1. The number of hydrogen-bond donors (Lipinski definition) is 1. The number of fused-ring (bicyclic) bond motifs is 4. The number of ketones is 1. The minimum Gasteiger partial charge on any atom is -0.396 e. The molecule has 23 heteroatoms. The molecule has 114 heavy (non-hydrogen) atoms. The monoisotopic (exact) mass is 1620 g/mol. The maximum absolute atomic E-state index is 12.0. The standard InChI is InChI=1S/C24H27ClN4.C24H24ClN3O.C22H23ClN4.C21H21ClN4O2S/c1-15-9-23-20(10-17(15)11-26)22(21-13-27-12-16(2)24(21)25)14-29(23)19-7-5-18(6-8-19)28(3)4;1-14-8-23-20(9-18(14)10-26)22(21-12-27-11-15(2)24(21)25)13-28(23)19-6-4-17(5-7-19)16(3)29;1-14-8-21-18(9-16(14)10-24)20(19-12-25-11-15(2)22(19)23)13-27(21)17-4-6-26(3)7-5-17;1-12-5-20-16(6-13(12)8-23)18(17-9-25-10-19(24)21(17)22)11-26(20)14-3-4-15(7-14)29(2,27)28/h9-10,12-14,18-19H,5-8H2,1-4H3;8-9,11-13,17,19H,4-7H2,1-3H3;8-9,11-13,17H,4-7H2,1-3H3;5-6,9-11,14-15H,3-4,7,24H2,1-2H3/t;;;14-,15+/m...1/s1. The Balaban J connectivity index is 0.000000133. The van der Waals surface area contributed by atoms with Gasteiger partial charge in [-0.3, -0.25) is 24.7 Å². The van der Waals surface area contributed by atoms with E-state index in [1.54, 1.807) is 37.9 Å². The molecule has 0 unspecified atom stereocenters. The number of nitrogen functional groups attached to an aromatic ring is 1. The van der Waals surface area contributed by atoms with Gasteiger partial charge < -0.3 is 33.8 Å². The van der Waals surface area contributed by atoms with Gasteiger partial charge in [0.15, 0.2) is 0 Å². The molecular formula is C91H95Cl4N15O3S. The molecule has 586 valence electrons. The van der Waals surface area contributed by atoms with E-state index in [2.05, 4.69) is 130 Å². The van der Waals surface area contributed by atoms with Gasteiger partial charge in [-0.2, -0.15) is 21.0 Å². The number of pyridine rings is 4. The third kappa shape index (κ3) is 16.6. The predicted octanol–water partition coefficient (Wildman–Crippen LogP) is 21.4. The Kier molecular flexibility index (Phi) is 24.7. The number of anilines is 1. The molecule has 0 radical (unpaired) electrons. The number of likely N-dealkylation sites (tertiary alicyclic amines) is 1. The molecule has 2 atom stereocenters. The SMILES string of the molecule is CC(=O)C1CCC(n2cc(-c3cncc(C)c3Cl)c3cc(C#N)c(C)cc32)CC1.Cc1cc2c(cc1C#N)c(-c1cncc(C)c1Cl)cn2C1CCC(N(C)C)CC1.Cc1cc2c(cc1C#N)c(-c1cncc(C)c1Cl)cn2C1CCN(C)CC1.Cc1cc2c(cc1C#N)c(-c1cncc(N)c1Cl)cn2[C@@H]1CC[C@H](S(C)(=O)=O)C1. The van der Waals surface area contributed by atoms with E-state index in [-0.39, 0.29) is 17.2 Å². The molecule has 0 amide bonds. The molecule has 9 heterocycles. The number of halogens is 4. The summed E-state index contributed by atoms with van der Waals surface area (Å²) >= 11 is 26.4. The summed E-state index contributed by atoms with van der Waals surface area (Å²) in [6.07, 6.45) is 36.6. The smallest absolute Gasteiger partial charge is 0.150 e. The van der Waals surface area contributed by atoms with E-state index in [4.69, 9.17) is 52.1 Å². The first kappa shape index (κ1) is 82.1. The van der Waals surface area contributed by atoms with E-state index in [1.165, 1.54) is 36.3 Å². The topological polar surface area (TPSA) is 250 Å². The summed E-state index contributed by atoms with van der Waals surface area (Å²) in [5, 5.41) is 44.4. The average Bonchev–Trinajstić information content (AvgIpc) is 1.62. The number of nitriles is 4. The first-order chi connectivity index (χ1) is 54.5. The summed E-state index contributed by atoms with van der Waals surface area (Å²) in [6, 6.07) is 27.4. The Morgan fingerprint density at radius 2 is 0.737 bits per heavy atom. The van der Waals surface area contributed by atoms with Crippen molar-refractivity contribution in [1.82, 2.24) is 48.0 Å². The van der Waals surface area contributed by atoms with Crippen molar-refractivity contribution < 1.29 is 13.2 Å². The quantitative estimate of drug-likeness (QED) is 0.126. The second-order valence-electron chi connectivity index (χ2n) is 32.0. The number of benzene rings is 4. The molecule has 4 fully saturated rings. The van der Waals surface area contributed by atoms with Gasteiger partial charge in [-0.1, -0.05) is 46.4 Å². The number of carbonyl (C=O) groups excluding carboxylic acids is 1. The molecule has 8 aromatic heterocycles. The number of hydrogen-bond acceptors (Lipinski definition) is 14. The van der Waals surface area contributed by atoms with Crippen molar-refractivity contribution in [3.63, 3.8) is 0 Å². The molecule has 16 rings (SSSR count). The molecular weight excluding hydrogens is 1520 g/mol. The van der Waals surface area contributed by atoms with E-state index < -0.39 is 9.84 Å². The fourth-order valence-electron chi connectivity index (χ4n) is 17.5. The molecule has 12 aromatic rings. The van der Waals surface area contributed by atoms with Gasteiger partial charge >= 0.3 is 0 Å². The molecule has 3 aliphatic carbocycles. The van der Waals surface area contributed by atoms with Crippen LogP contribution in [0.2, 0.25) is 20.1 Å². The molecule has 2 N–H and O–H groups in total. The average molecular weight is 1620 g/mol. The van der Waals surface area contributed by atoms with Gasteiger partial charge in [-0.15, -0.1) is 0 Å². The van der Waals surface area contributed by atoms with Crippen LogP contribution in [0.4, 0.5) is 5.69 Å². The van der Waals surface area contributed by atoms with E-state index in [0.29, 0.717) is 86.3 Å². The molecule has 3 saturated carbocycles. The summed E-state index contributed by atoms with van der Waals surface area (Å²) in [5.74, 6) is 0.489. The Bertz CT molecular complexity index is 6040. The molecule has 1 saturated heterocycles. The molecule has 0 spiro atoms. The number of carbonyl (C=O) groups is 1. The van der Waals surface area contributed by atoms with Gasteiger partial charge in [0.1, 0.15) is 15.6 Å². The van der Waals surface area contributed by atoms with Crippen LogP contribution >= 0.6 is 46.4 Å². The van der Waals surface area contributed by atoms with Crippen molar-refractivity contribution in [3.05, 3.63) is 204 Å². The van der Waals surface area contributed by atoms with Crippen LogP contribution in [0.25, 0.3) is 88.1 Å². The zero-order valence-corrected chi connectivity index (χ0v) is 70.5. The lowest BCUT2D eigenvalue weighted by atomic mass is 9.84. The number of aromatic nitrogens is 8. The van der Waals surface area contributed by atoms with Crippen LogP contribution in [-0.2, 0) is 14.6 Å². The Hall–Kier alpha value is -9.90. The van der Waals surface area contributed by atoms with Crippen molar-refractivity contribution in [2.45, 2.75) is 174 Å². The van der Waals surface area contributed by atoms with Gasteiger partial charge in [0.25, 0.3) is 0 Å². The van der Waals surface area contributed by atoms with Crippen LogP contribution in [0.15, 0.2) is 123 Å². The van der Waals surface area contributed by atoms with Gasteiger partial charge in [0.2, 0.25) is 0 Å². The third-order valence-electron chi connectivity index (χ3n) is 24.3. The van der Waals surface area contributed by atoms with Crippen LogP contribution < -0.4 is 5.73 Å². The van der Waals surface area contributed by atoms with Crippen LogP contribution in [0, 0.1) is 99.7 Å². The molecule has 1 aliphatic heterocycles. The number of nitrogens with two attached hydrogens (primary N) is 1. The highest BCUT2D eigenvalue weighted by Gasteiger charge is 2.35. The number of aryl methyl sites for hydroxylation is 7. The summed E-state index contributed by atoms with van der Waals surface area (Å²) in [4.78, 5) is 33.7. The van der Waals surface area contributed by atoms with Crippen molar-refractivity contribution in [2.24, 2.45) is 5.92 Å². The normalized spacial score (nSPS) is 18.6. The van der Waals surface area contributed by atoms with E-state index in [1.807, 2.05) is 97.4 Å². The minimum absolute atomic E-state index is 0.0612. The third-order valence-corrected chi connectivity index (χ3v) is 27.9. The van der Waals surface area contributed by atoms with E-state index >= 15 is 0 Å². The van der Waals surface area contributed by atoms with Crippen LogP contribution in [-0.4, -0.2) is 114 Å². The van der Waals surface area contributed by atoms with E-state index in [0.717, 1.165) is 191 Å². The van der Waals surface area contributed by atoms with Crippen molar-refractivity contribution in [1.29, 1.82) is 21.0 Å². The second-order valence-corrected chi connectivity index (χ2v) is 35.9. The van der Waals surface area contributed by atoms with Crippen molar-refractivity contribution in [2.75, 3.05) is 46.2 Å². The Morgan fingerprint density at radius 1 is 0.430 bits per heavy atom. The Morgan fingerprint density at radius 3 is 1.05 bits per heavy atom. The zero-order chi connectivity index (χ0) is 81.5. The first-order valence-electron chi connectivity index (χ1n) is 39.0. The minimum atomic E-state index is -3.08. The summed E-state index contributed by atoms with van der Waals surface area (Å²) in [5.41, 5.74) is 27.6. The number of piperidine rings is 1. The van der Waals surface area contributed by atoms with Gasteiger partial charge in [-0.05, 0) is 261 Å². The van der Waals surface area contributed by atoms with Crippen LogP contribution in [0.1, 0.15) is 176 Å². The van der Waals surface area contributed by atoms with Gasteiger partial charge in [0.05, 0.1) is 83.8 Å². The highest BCUT2D eigenvalue weighted by molar-refractivity contribution is 7.91. The number of rotatable bonds is 11. The molecule has 4 aliphatic rings. The summed E-state index contributed by atoms with van der Waals surface area (Å²) in [7, 11) is 3.45. The van der Waals surface area contributed by atoms with E-state index in [9.17, 15) is 34.3 Å². The van der Waals surface area contributed by atoms with Crippen molar-refractivity contribution in [3.8, 4) is 68.8 Å². The highest BCUT2D eigenvalue weighted by atomic mass is 35.5. The summed E-state index contributed by atoms with van der Waals surface area (Å²) < 4.78 is 33.3. The van der Waals surface area contributed by atoms with Crippen LogP contribution in [0.5, 0.6) is 0 Å². The lowest BCUT2D eigenvalue weighted by molar-refractivity contribution is -0.121. The van der Waals surface area contributed by atoms with Gasteiger partial charge in [-0.25, -0.2) is 8.42 Å². The molecule has 18 nitrogen and oxygen atoms in total. The zero-order valence-electron chi connectivity index (χ0n) is 66.7. The maximum atomic E-state index is 12.0. The largest absolute Gasteiger partial charge is 0.396 e. The lowest BCUT2D eigenvalue weighted by Gasteiger charge is -2.33. The fourth-order valence-corrected chi connectivity index (χ4v) is 19.4. The number of Topliss-reactive ketones (excluding diaryl/α,β-unsaturated/α-hetero) is 1.